The van der Waals surface area contributed by atoms with Gasteiger partial charge in [0.05, 0.1) is 13.2 Å². The normalized spacial score (nSPS) is 24.5. The number of amides is 1. The van der Waals surface area contributed by atoms with Crippen LogP contribution in [0, 0.1) is 5.92 Å². The number of carbonyl (C=O) groups is 1. The molecule has 3 N–H and O–H groups in total. The maximum Gasteiger partial charge on any atom is 0.409 e. The summed E-state index contributed by atoms with van der Waals surface area (Å²) >= 11 is 0. The van der Waals surface area contributed by atoms with Crippen LogP contribution in [-0.4, -0.2) is 48.9 Å². The van der Waals surface area contributed by atoms with Crippen molar-refractivity contribution in [2.24, 2.45) is 11.7 Å². The van der Waals surface area contributed by atoms with E-state index in [1.165, 1.54) is 7.11 Å². The first-order valence-corrected chi connectivity index (χ1v) is 5.40. The highest BCUT2D eigenvalue weighted by Crippen LogP contribution is 2.20. The van der Waals surface area contributed by atoms with Crippen molar-refractivity contribution in [1.29, 1.82) is 0 Å². The molecule has 1 heterocycles. The molecular formula is C10H20N2O3. The summed E-state index contributed by atoms with van der Waals surface area (Å²) in [4.78, 5) is 13.0. The molecule has 1 amide bonds. The van der Waals surface area contributed by atoms with Gasteiger partial charge in [-0.1, -0.05) is 0 Å². The molecule has 0 aromatic carbocycles. The molecule has 0 saturated carbocycles. The van der Waals surface area contributed by atoms with Crippen molar-refractivity contribution in [3.05, 3.63) is 0 Å². The molecule has 0 aromatic rings. The van der Waals surface area contributed by atoms with Gasteiger partial charge >= 0.3 is 6.09 Å². The zero-order chi connectivity index (χ0) is 11.3. The predicted octanol–water partition coefficient (Wildman–Crippen LogP) is 0.174. The van der Waals surface area contributed by atoms with Gasteiger partial charge in [0.1, 0.15) is 0 Å². The number of hydrogen-bond acceptors (Lipinski definition) is 4. The van der Waals surface area contributed by atoms with E-state index < -0.39 is 6.10 Å². The van der Waals surface area contributed by atoms with Gasteiger partial charge in [-0.15, -0.1) is 0 Å². The molecule has 5 heteroatoms. The molecule has 0 bridgehead atoms. The molecule has 15 heavy (non-hydrogen) atoms. The minimum atomic E-state index is -0.442. The average molecular weight is 216 g/mol. The van der Waals surface area contributed by atoms with Gasteiger partial charge in [0.2, 0.25) is 0 Å². The molecule has 0 aliphatic carbocycles. The molecule has 1 rings (SSSR count). The summed E-state index contributed by atoms with van der Waals surface area (Å²) in [6, 6.07) is 0. The number of aliphatic hydroxyl groups excluding tert-OH is 1. The number of nitrogens with two attached hydrogens (primary N) is 1. The highest BCUT2D eigenvalue weighted by atomic mass is 16.5. The van der Waals surface area contributed by atoms with Crippen LogP contribution in [0.4, 0.5) is 4.79 Å². The lowest BCUT2D eigenvalue weighted by Crippen LogP contribution is -2.33. The van der Waals surface area contributed by atoms with Gasteiger partial charge in [0, 0.05) is 19.6 Å². The van der Waals surface area contributed by atoms with Crippen LogP contribution in [0.5, 0.6) is 0 Å². The van der Waals surface area contributed by atoms with Crippen LogP contribution in [0.25, 0.3) is 0 Å². The molecule has 1 fully saturated rings. The Morgan fingerprint density at radius 2 is 2.33 bits per heavy atom. The molecular weight excluding hydrogens is 196 g/mol. The van der Waals surface area contributed by atoms with Crippen molar-refractivity contribution in [2.45, 2.75) is 25.4 Å². The van der Waals surface area contributed by atoms with Gasteiger partial charge in [0.15, 0.2) is 0 Å². The van der Waals surface area contributed by atoms with Crippen LogP contribution in [0.1, 0.15) is 19.3 Å². The number of methoxy groups -OCH3 is 1. The van der Waals surface area contributed by atoms with Gasteiger partial charge in [-0.25, -0.2) is 4.79 Å². The van der Waals surface area contributed by atoms with Crippen molar-refractivity contribution >= 4 is 6.09 Å². The molecule has 2 atom stereocenters. The molecule has 0 radical (unpaired) electrons. The molecule has 0 aromatic heterocycles. The van der Waals surface area contributed by atoms with E-state index in [1.54, 1.807) is 4.90 Å². The smallest absolute Gasteiger partial charge is 0.409 e. The summed E-state index contributed by atoms with van der Waals surface area (Å²) in [6.07, 6.45) is 1.90. The van der Waals surface area contributed by atoms with Crippen LogP contribution < -0.4 is 5.73 Å². The summed E-state index contributed by atoms with van der Waals surface area (Å²) in [7, 11) is 1.39. The third kappa shape index (κ3) is 3.35. The van der Waals surface area contributed by atoms with Gasteiger partial charge in [-0.05, 0) is 25.2 Å². The van der Waals surface area contributed by atoms with Crippen LogP contribution >= 0.6 is 0 Å². The molecule has 1 aliphatic heterocycles. The van der Waals surface area contributed by atoms with Crippen LogP contribution in [0.3, 0.4) is 0 Å². The minimum Gasteiger partial charge on any atom is -0.453 e. The second kappa shape index (κ2) is 5.92. The third-order valence-electron chi connectivity index (χ3n) is 2.99. The lowest BCUT2D eigenvalue weighted by Gasteiger charge is -2.20. The largest absolute Gasteiger partial charge is 0.453 e. The van der Waals surface area contributed by atoms with E-state index in [0.29, 0.717) is 19.6 Å². The van der Waals surface area contributed by atoms with E-state index in [1.807, 2.05) is 0 Å². The first-order valence-electron chi connectivity index (χ1n) is 5.40. The van der Waals surface area contributed by atoms with Crippen LogP contribution in [0.2, 0.25) is 0 Å². The Kier molecular flexibility index (Phi) is 4.84. The predicted molar refractivity (Wildman–Crippen MR) is 56.4 cm³/mol. The molecule has 88 valence electrons. The second-order valence-electron chi connectivity index (χ2n) is 3.95. The van der Waals surface area contributed by atoms with Crippen molar-refractivity contribution in [3.8, 4) is 0 Å². The first kappa shape index (κ1) is 12.3. The summed E-state index contributed by atoms with van der Waals surface area (Å²) in [5, 5.41) is 9.63. The number of rotatable bonds is 2. The first-order chi connectivity index (χ1) is 7.19. The zero-order valence-electron chi connectivity index (χ0n) is 9.19. The average Bonchev–Trinajstić information content (AvgIpc) is 2.52. The maximum absolute atomic E-state index is 11.3. The van der Waals surface area contributed by atoms with Crippen LogP contribution in [-0.2, 0) is 4.74 Å². The van der Waals surface area contributed by atoms with E-state index in [4.69, 9.17) is 5.73 Å². The van der Waals surface area contributed by atoms with Crippen molar-refractivity contribution in [3.63, 3.8) is 0 Å². The fraction of sp³-hybridized carbons (Fsp3) is 0.900. The van der Waals surface area contributed by atoms with Gasteiger partial charge in [0.25, 0.3) is 0 Å². The fourth-order valence-corrected chi connectivity index (χ4v) is 2.01. The van der Waals surface area contributed by atoms with E-state index in [-0.39, 0.29) is 12.0 Å². The summed E-state index contributed by atoms with van der Waals surface area (Å²) < 4.78 is 4.67. The number of hydrogen-bond donors (Lipinski definition) is 2. The van der Waals surface area contributed by atoms with Crippen molar-refractivity contribution in [2.75, 3.05) is 26.7 Å². The van der Waals surface area contributed by atoms with E-state index in [0.717, 1.165) is 19.3 Å². The van der Waals surface area contributed by atoms with E-state index in [2.05, 4.69) is 4.74 Å². The van der Waals surface area contributed by atoms with Gasteiger partial charge in [-0.2, -0.15) is 0 Å². The summed E-state index contributed by atoms with van der Waals surface area (Å²) in [5.74, 6) is 0.213. The maximum atomic E-state index is 11.3. The Bertz CT molecular complexity index is 211. The number of aliphatic hydroxyl groups is 1. The minimum absolute atomic E-state index is 0.213. The lowest BCUT2D eigenvalue weighted by atomic mass is 9.94. The Labute approximate surface area is 90.2 Å². The topological polar surface area (TPSA) is 75.8 Å². The van der Waals surface area contributed by atoms with E-state index in [9.17, 15) is 9.90 Å². The van der Waals surface area contributed by atoms with E-state index >= 15 is 0 Å². The summed E-state index contributed by atoms with van der Waals surface area (Å²) in [5.41, 5.74) is 5.42. The Balaban J connectivity index is 2.45. The SMILES string of the molecule is COC(=O)N1CCCC(C(O)CN)CC1. The Morgan fingerprint density at radius 3 is 2.93 bits per heavy atom. The Hall–Kier alpha value is -0.810. The van der Waals surface area contributed by atoms with Crippen LogP contribution in [0.15, 0.2) is 0 Å². The summed E-state index contributed by atoms with van der Waals surface area (Å²) in [6.45, 7) is 1.65. The molecule has 1 aliphatic rings. The molecule has 2 unspecified atom stereocenters. The molecule has 1 saturated heterocycles. The third-order valence-corrected chi connectivity index (χ3v) is 2.99. The number of carbonyl (C=O) groups excluding carboxylic acids is 1. The van der Waals surface area contributed by atoms with Crippen molar-refractivity contribution in [1.82, 2.24) is 4.90 Å². The number of likely N-dealkylation sites (tertiary alicyclic amines) is 1. The number of nitrogens with zero attached hydrogens (tertiary/aromatic N) is 1. The zero-order valence-corrected chi connectivity index (χ0v) is 9.19. The van der Waals surface area contributed by atoms with Gasteiger partial charge in [-0.3, -0.25) is 0 Å². The molecule has 5 nitrogen and oxygen atoms in total. The number of ether oxygens (including phenoxy) is 1. The fourth-order valence-electron chi connectivity index (χ4n) is 2.01. The monoisotopic (exact) mass is 216 g/mol. The Morgan fingerprint density at radius 1 is 1.60 bits per heavy atom. The second-order valence-corrected chi connectivity index (χ2v) is 3.95. The standard InChI is InChI=1S/C10H20N2O3/c1-15-10(14)12-5-2-3-8(4-6-12)9(13)7-11/h8-9,13H,2-7,11H2,1H3. The van der Waals surface area contributed by atoms with Crippen molar-refractivity contribution < 1.29 is 14.6 Å². The highest BCUT2D eigenvalue weighted by Gasteiger charge is 2.24. The van der Waals surface area contributed by atoms with Gasteiger partial charge < -0.3 is 20.5 Å². The quantitative estimate of drug-likeness (QED) is 0.690. The lowest BCUT2D eigenvalue weighted by molar-refractivity contribution is 0.102. The molecule has 0 spiro atoms. The highest BCUT2D eigenvalue weighted by molar-refractivity contribution is 5.67.